The van der Waals surface area contributed by atoms with E-state index in [4.69, 9.17) is 28.3 Å². The molecular formula is C12H6Cl2FN3O3. The van der Waals surface area contributed by atoms with E-state index in [-0.39, 0.29) is 21.6 Å². The summed E-state index contributed by atoms with van der Waals surface area (Å²) >= 11 is 11.3. The molecule has 0 fully saturated rings. The molecule has 0 radical (unpaired) electrons. The standard InChI is InChI=1S/C12H6Cl2FN3O3/c13-8-4-5(10(14)18-17-8)11(19)16-7-3-1-2-6(15)9(7)12(20)21/h1-4H,(H,16,19)(H,20,21). The van der Waals surface area contributed by atoms with Crippen molar-refractivity contribution in [3.63, 3.8) is 0 Å². The van der Waals surface area contributed by atoms with Crippen LogP contribution in [0.4, 0.5) is 10.1 Å². The predicted molar refractivity (Wildman–Crippen MR) is 73.4 cm³/mol. The van der Waals surface area contributed by atoms with E-state index in [2.05, 4.69) is 15.5 Å². The van der Waals surface area contributed by atoms with Gasteiger partial charge < -0.3 is 10.4 Å². The zero-order valence-corrected chi connectivity index (χ0v) is 11.6. The van der Waals surface area contributed by atoms with E-state index in [0.29, 0.717) is 0 Å². The molecule has 0 aliphatic heterocycles. The number of carbonyl (C=O) groups excluding carboxylic acids is 1. The van der Waals surface area contributed by atoms with Crippen molar-refractivity contribution in [2.75, 3.05) is 5.32 Å². The van der Waals surface area contributed by atoms with Gasteiger partial charge in [0.25, 0.3) is 5.91 Å². The van der Waals surface area contributed by atoms with Crippen LogP contribution < -0.4 is 5.32 Å². The molecule has 0 bridgehead atoms. The van der Waals surface area contributed by atoms with Crippen molar-refractivity contribution < 1.29 is 19.1 Å². The number of halogens is 3. The van der Waals surface area contributed by atoms with Gasteiger partial charge in [0.2, 0.25) is 0 Å². The van der Waals surface area contributed by atoms with Gasteiger partial charge in [0.1, 0.15) is 11.4 Å². The van der Waals surface area contributed by atoms with E-state index in [1.165, 1.54) is 12.1 Å². The zero-order chi connectivity index (χ0) is 15.6. The molecule has 1 amide bonds. The maximum atomic E-state index is 13.5. The quantitative estimate of drug-likeness (QED) is 0.903. The summed E-state index contributed by atoms with van der Waals surface area (Å²) in [5.74, 6) is -3.28. The second-order valence-corrected chi connectivity index (χ2v) is 4.54. The molecule has 0 unspecified atom stereocenters. The number of carboxylic acid groups (broad SMARTS) is 1. The molecule has 21 heavy (non-hydrogen) atoms. The van der Waals surface area contributed by atoms with Crippen LogP contribution in [0.1, 0.15) is 20.7 Å². The van der Waals surface area contributed by atoms with Crippen molar-refractivity contribution in [2.24, 2.45) is 0 Å². The predicted octanol–water partition coefficient (Wildman–Crippen LogP) is 2.87. The van der Waals surface area contributed by atoms with Crippen molar-refractivity contribution in [2.45, 2.75) is 0 Å². The number of hydrogen-bond donors (Lipinski definition) is 2. The van der Waals surface area contributed by atoms with Crippen LogP contribution in [0.5, 0.6) is 0 Å². The van der Waals surface area contributed by atoms with E-state index in [9.17, 15) is 14.0 Å². The highest BCUT2D eigenvalue weighted by Crippen LogP contribution is 2.22. The Morgan fingerprint density at radius 2 is 1.95 bits per heavy atom. The molecule has 0 saturated carbocycles. The van der Waals surface area contributed by atoms with Crippen molar-refractivity contribution >= 4 is 40.8 Å². The largest absolute Gasteiger partial charge is 0.478 e. The first-order valence-electron chi connectivity index (χ1n) is 5.42. The van der Waals surface area contributed by atoms with Gasteiger partial charge >= 0.3 is 5.97 Å². The van der Waals surface area contributed by atoms with Crippen molar-refractivity contribution in [3.05, 3.63) is 51.5 Å². The first-order chi connectivity index (χ1) is 9.90. The van der Waals surface area contributed by atoms with Crippen LogP contribution in [0.2, 0.25) is 10.3 Å². The van der Waals surface area contributed by atoms with Crippen LogP contribution in [0.15, 0.2) is 24.3 Å². The van der Waals surface area contributed by atoms with Gasteiger partial charge in [-0.1, -0.05) is 29.3 Å². The van der Waals surface area contributed by atoms with E-state index in [0.717, 1.165) is 12.1 Å². The lowest BCUT2D eigenvalue weighted by Crippen LogP contribution is -2.17. The molecule has 1 aromatic carbocycles. The summed E-state index contributed by atoms with van der Waals surface area (Å²) < 4.78 is 13.5. The molecule has 2 aromatic rings. The third kappa shape index (κ3) is 3.26. The van der Waals surface area contributed by atoms with Crippen LogP contribution in [0.3, 0.4) is 0 Å². The third-order valence-electron chi connectivity index (χ3n) is 2.44. The van der Waals surface area contributed by atoms with Crippen LogP contribution >= 0.6 is 23.2 Å². The summed E-state index contributed by atoms with van der Waals surface area (Å²) in [4.78, 5) is 23.1. The lowest BCUT2D eigenvalue weighted by Gasteiger charge is -2.09. The van der Waals surface area contributed by atoms with Gasteiger partial charge in [-0.2, -0.15) is 0 Å². The molecule has 0 atom stereocenters. The number of hydrogen-bond acceptors (Lipinski definition) is 4. The zero-order valence-electron chi connectivity index (χ0n) is 10.1. The molecule has 0 spiro atoms. The van der Waals surface area contributed by atoms with Gasteiger partial charge in [-0.15, -0.1) is 10.2 Å². The van der Waals surface area contributed by atoms with E-state index in [1.807, 2.05) is 0 Å². The molecule has 0 saturated heterocycles. The van der Waals surface area contributed by atoms with Crippen molar-refractivity contribution in [1.29, 1.82) is 0 Å². The van der Waals surface area contributed by atoms with Crippen molar-refractivity contribution in [1.82, 2.24) is 10.2 Å². The minimum atomic E-state index is -1.51. The molecule has 0 aliphatic rings. The van der Waals surface area contributed by atoms with Crippen LogP contribution in [0, 0.1) is 5.82 Å². The van der Waals surface area contributed by atoms with Gasteiger partial charge in [0.05, 0.1) is 11.3 Å². The number of aromatic carboxylic acids is 1. The highest BCUT2D eigenvalue weighted by molar-refractivity contribution is 6.34. The summed E-state index contributed by atoms with van der Waals surface area (Å²) in [6.07, 6.45) is 0. The number of nitrogens with zero attached hydrogens (tertiary/aromatic N) is 2. The Kier molecular flexibility index (Phi) is 4.35. The van der Waals surface area contributed by atoms with Crippen LogP contribution in [0.25, 0.3) is 0 Å². The van der Waals surface area contributed by atoms with Gasteiger partial charge in [0, 0.05) is 0 Å². The summed E-state index contributed by atoms with van der Waals surface area (Å²) in [7, 11) is 0. The second kappa shape index (κ2) is 6.02. The van der Waals surface area contributed by atoms with Crippen LogP contribution in [-0.2, 0) is 0 Å². The first kappa shape index (κ1) is 15.1. The second-order valence-electron chi connectivity index (χ2n) is 3.79. The van der Waals surface area contributed by atoms with Crippen molar-refractivity contribution in [3.8, 4) is 0 Å². The SMILES string of the molecule is O=C(Nc1cccc(F)c1C(=O)O)c1cc(Cl)nnc1Cl. The molecule has 2 N–H and O–H groups in total. The Balaban J connectivity index is 2.39. The van der Waals surface area contributed by atoms with E-state index in [1.54, 1.807) is 0 Å². The maximum Gasteiger partial charge on any atom is 0.340 e. The molecule has 9 heteroatoms. The fourth-order valence-electron chi connectivity index (χ4n) is 1.55. The fourth-order valence-corrected chi connectivity index (χ4v) is 1.87. The fraction of sp³-hybridized carbons (Fsp3) is 0. The Bertz CT molecular complexity index is 740. The first-order valence-corrected chi connectivity index (χ1v) is 6.17. The number of anilines is 1. The van der Waals surface area contributed by atoms with Crippen LogP contribution in [-0.4, -0.2) is 27.2 Å². The topological polar surface area (TPSA) is 92.2 Å². The van der Waals surface area contributed by atoms with Gasteiger partial charge in [-0.25, -0.2) is 9.18 Å². The highest BCUT2D eigenvalue weighted by atomic mass is 35.5. The average molecular weight is 330 g/mol. The Hall–Kier alpha value is -2.25. The number of rotatable bonds is 3. The molecule has 108 valence electrons. The number of aromatic nitrogens is 2. The molecule has 2 rings (SSSR count). The minimum Gasteiger partial charge on any atom is -0.478 e. The summed E-state index contributed by atoms with van der Waals surface area (Å²) in [5.41, 5.74) is -0.983. The Morgan fingerprint density at radius 3 is 2.62 bits per heavy atom. The lowest BCUT2D eigenvalue weighted by atomic mass is 10.1. The summed E-state index contributed by atoms with van der Waals surface area (Å²) in [5, 5.41) is 17.8. The summed E-state index contributed by atoms with van der Waals surface area (Å²) in [6, 6.07) is 4.63. The highest BCUT2D eigenvalue weighted by Gasteiger charge is 2.19. The molecule has 1 heterocycles. The van der Waals surface area contributed by atoms with Gasteiger partial charge in [-0.05, 0) is 18.2 Å². The molecule has 1 aromatic heterocycles. The monoisotopic (exact) mass is 329 g/mol. The van der Waals surface area contributed by atoms with E-state index < -0.39 is 23.3 Å². The molecule has 0 aliphatic carbocycles. The normalized spacial score (nSPS) is 10.2. The van der Waals surface area contributed by atoms with E-state index >= 15 is 0 Å². The summed E-state index contributed by atoms with van der Waals surface area (Å²) in [6.45, 7) is 0. The molecule has 6 nitrogen and oxygen atoms in total. The minimum absolute atomic E-state index is 0.0674. The number of carboxylic acids is 1. The number of carbonyl (C=O) groups is 2. The Labute approximate surface area is 127 Å². The molecular weight excluding hydrogens is 324 g/mol. The number of nitrogens with one attached hydrogen (secondary N) is 1. The number of amides is 1. The third-order valence-corrected chi connectivity index (χ3v) is 2.90. The maximum absolute atomic E-state index is 13.5. The van der Waals surface area contributed by atoms with Gasteiger partial charge in [0.15, 0.2) is 10.3 Å². The lowest BCUT2D eigenvalue weighted by molar-refractivity contribution is 0.0693. The van der Waals surface area contributed by atoms with Gasteiger partial charge in [-0.3, -0.25) is 4.79 Å². The number of benzene rings is 1. The average Bonchev–Trinajstić information content (AvgIpc) is 2.41. The smallest absolute Gasteiger partial charge is 0.340 e. The Morgan fingerprint density at radius 1 is 1.24 bits per heavy atom.